The first kappa shape index (κ1) is 15.4. The number of hydrogen-bond acceptors (Lipinski definition) is 5. The Balaban J connectivity index is 1.66. The Bertz CT molecular complexity index is 550. The molecule has 8 heteroatoms. The van der Waals surface area contributed by atoms with Crippen molar-refractivity contribution in [3.63, 3.8) is 0 Å². The van der Waals surface area contributed by atoms with Gasteiger partial charge < -0.3 is 14.2 Å². The molecule has 0 atom stereocenters. The van der Waals surface area contributed by atoms with E-state index in [1.807, 2.05) is 27.7 Å². The van der Waals surface area contributed by atoms with Crippen molar-refractivity contribution in [3.05, 3.63) is 12.4 Å². The molecule has 0 aliphatic carbocycles. The normalized spacial score (nSPS) is 23.1. The molecule has 2 aliphatic heterocycles. The van der Waals surface area contributed by atoms with Crippen LogP contribution in [0.3, 0.4) is 0 Å². The molecule has 0 radical (unpaired) electrons. The zero-order chi connectivity index (χ0) is 16.0. The van der Waals surface area contributed by atoms with Crippen molar-refractivity contribution in [2.75, 3.05) is 13.1 Å². The molecule has 1 aromatic rings. The molecule has 3 rings (SSSR count). The minimum Gasteiger partial charge on any atom is -0.399 e. The maximum atomic E-state index is 11.9. The number of hydrogen-bond donors (Lipinski definition) is 0. The van der Waals surface area contributed by atoms with Crippen LogP contribution in [0.2, 0.25) is 0 Å². The molecule has 3 heterocycles. The van der Waals surface area contributed by atoms with Crippen LogP contribution < -0.4 is 10.3 Å². The van der Waals surface area contributed by atoms with E-state index in [-0.39, 0.29) is 6.09 Å². The van der Waals surface area contributed by atoms with Gasteiger partial charge in [-0.2, -0.15) is 0 Å². The van der Waals surface area contributed by atoms with Crippen LogP contribution in [0.5, 0.6) is 0 Å². The maximum absolute atomic E-state index is 11.9. The van der Waals surface area contributed by atoms with Crippen molar-refractivity contribution in [3.8, 4) is 0 Å². The van der Waals surface area contributed by atoms with E-state index in [9.17, 15) is 4.79 Å². The van der Waals surface area contributed by atoms with Crippen molar-refractivity contribution in [2.24, 2.45) is 0 Å². The lowest BCUT2D eigenvalue weighted by molar-refractivity contribution is 0.00578. The molecule has 2 aliphatic rings. The summed E-state index contributed by atoms with van der Waals surface area (Å²) < 4.78 is 11.9. The number of amides is 1. The van der Waals surface area contributed by atoms with Crippen LogP contribution in [-0.4, -0.2) is 52.3 Å². The molecule has 0 aromatic carbocycles. The smallest absolute Gasteiger partial charge is 0.399 e. The van der Waals surface area contributed by atoms with E-state index in [1.165, 1.54) is 4.85 Å². The molecule has 0 spiro atoms. The summed E-state index contributed by atoms with van der Waals surface area (Å²) in [5.41, 5.74) is -0.0919. The highest BCUT2D eigenvalue weighted by molar-refractivity contribution is 6.61. The van der Waals surface area contributed by atoms with Crippen LogP contribution in [0.1, 0.15) is 40.5 Å². The SMILES string of the molecule is CC1(C)OB(c2cnn(OC(=O)N3CCCC3)c2)OC1(C)C. The summed E-state index contributed by atoms with van der Waals surface area (Å²) in [4.78, 5) is 20.0. The standard InChI is InChI=1S/C14H22BN3O4/c1-13(2)14(3,4)22-15(21-13)11-9-16-18(10-11)20-12(19)17-7-5-6-8-17/h9-10H,5-8H2,1-4H3. The van der Waals surface area contributed by atoms with E-state index in [4.69, 9.17) is 14.1 Å². The van der Waals surface area contributed by atoms with Crippen LogP contribution in [-0.2, 0) is 9.31 Å². The fourth-order valence-electron chi connectivity index (χ4n) is 2.51. The molecular formula is C14H22BN3O4. The highest BCUT2D eigenvalue weighted by Gasteiger charge is 2.52. The summed E-state index contributed by atoms with van der Waals surface area (Å²) in [7, 11) is -0.510. The van der Waals surface area contributed by atoms with Crippen molar-refractivity contribution in [1.82, 2.24) is 14.8 Å². The monoisotopic (exact) mass is 307 g/mol. The van der Waals surface area contributed by atoms with Crippen molar-refractivity contribution < 1.29 is 18.9 Å². The van der Waals surface area contributed by atoms with E-state index in [0.717, 1.165) is 31.4 Å². The largest absolute Gasteiger partial charge is 0.498 e. The van der Waals surface area contributed by atoms with Gasteiger partial charge in [-0.05, 0) is 40.5 Å². The maximum Gasteiger partial charge on any atom is 0.498 e. The number of carbonyl (C=O) groups is 1. The third-order valence-corrected chi connectivity index (χ3v) is 4.64. The van der Waals surface area contributed by atoms with Crippen molar-refractivity contribution in [2.45, 2.75) is 51.7 Å². The summed E-state index contributed by atoms with van der Waals surface area (Å²) in [6.07, 6.45) is 4.89. The van der Waals surface area contributed by atoms with E-state index >= 15 is 0 Å². The van der Waals surface area contributed by atoms with E-state index in [2.05, 4.69) is 5.10 Å². The molecule has 120 valence electrons. The summed E-state index contributed by atoms with van der Waals surface area (Å²) in [5.74, 6) is 0. The molecule has 1 aromatic heterocycles. The van der Waals surface area contributed by atoms with Gasteiger partial charge >= 0.3 is 13.2 Å². The van der Waals surface area contributed by atoms with Crippen molar-refractivity contribution in [1.29, 1.82) is 0 Å². The molecule has 7 nitrogen and oxygen atoms in total. The molecule has 2 saturated heterocycles. The lowest BCUT2D eigenvalue weighted by Gasteiger charge is -2.32. The number of nitrogens with zero attached hydrogens (tertiary/aromatic N) is 3. The molecule has 0 saturated carbocycles. The number of likely N-dealkylation sites (tertiary alicyclic amines) is 1. The van der Waals surface area contributed by atoms with Gasteiger partial charge in [-0.25, -0.2) is 4.79 Å². The zero-order valence-electron chi connectivity index (χ0n) is 13.5. The average molecular weight is 307 g/mol. The van der Waals surface area contributed by atoms with E-state index in [1.54, 1.807) is 17.3 Å². The summed E-state index contributed by atoms with van der Waals surface area (Å²) in [6, 6.07) is 0. The van der Waals surface area contributed by atoms with Gasteiger partial charge in [0.1, 0.15) is 0 Å². The van der Waals surface area contributed by atoms with Gasteiger partial charge in [0.2, 0.25) is 0 Å². The number of carbonyl (C=O) groups excluding carboxylic acids is 1. The average Bonchev–Trinajstić information content (AvgIpc) is 3.11. The zero-order valence-corrected chi connectivity index (χ0v) is 13.5. The first-order chi connectivity index (χ1) is 10.3. The Morgan fingerprint density at radius 1 is 1.23 bits per heavy atom. The van der Waals surface area contributed by atoms with Crippen LogP contribution in [0.4, 0.5) is 4.79 Å². The molecule has 0 unspecified atom stereocenters. The van der Waals surface area contributed by atoms with Crippen LogP contribution in [0, 0.1) is 0 Å². The third kappa shape index (κ3) is 2.72. The Kier molecular flexibility index (Phi) is 3.68. The Labute approximate surface area is 130 Å². The van der Waals surface area contributed by atoms with Gasteiger partial charge in [0.25, 0.3) is 0 Å². The van der Waals surface area contributed by atoms with Crippen LogP contribution in [0.25, 0.3) is 0 Å². The Morgan fingerprint density at radius 3 is 2.41 bits per heavy atom. The fraction of sp³-hybridized carbons (Fsp3) is 0.714. The Hall–Kier alpha value is -1.54. The third-order valence-electron chi connectivity index (χ3n) is 4.64. The predicted octanol–water partition coefficient (Wildman–Crippen LogP) is 0.827. The second-order valence-corrected chi connectivity index (χ2v) is 6.82. The number of aromatic nitrogens is 2. The summed E-state index contributed by atoms with van der Waals surface area (Å²) >= 11 is 0. The van der Waals surface area contributed by atoms with E-state index in [0.29, 0.717) is 0 Å². The molecule has 1 amide bonds. The van der Waals surface area contributed by atoms with Crippen LogP contribution in [0.15, 0.2) is 12.4 Å². The van der Waals surface area contributed by atoms with Gasteiger partial charge in [0, 0.05) is 18.6 Å². The predicted molar refractivity (Wildman–Crippen MR) is 80.7 cm³/mol. The van der Waals surface area contributed by atoms with Gasteiger partial charge in [-0.1, -0.05) is 4.85 Å². The Morgan fingerprint density at radius 2 is 1.82 bits per heavy atom. The molecule has 2 fully saturated rings. The highest BCUT2D eigenvalue weighted by Crippen LogP contribution is 2.36. The molecular weight excluding hydrogens is 285 g/mol. The van der Waals surface area contributed by atoms with Crippen LogP contribution >= 0.6 is 0 Å². The second kappa shape index (κ2) is 5.28. The fourth-order valence-corrected chi connectivity index (χ4v) is 2.51. The molecule has 0 bridgehead atoms. The minimum absolute atomic E-state index is 0.374. The second-order valence-electron chi connectivity index (χ2n) is 6.82. The summed E-state index contributed by atoms with van der Waals surface area (Å²) in [5, 5.41) is 4.05. The molecule has 0 N–H and O–H groups in total. The molecule has 22 heavy (non-hydrogen) atoms. The van der Waals surface area contributed by atoms with Gasteiger partial charge in [0.05, 0.1) is 23.6 Å². The van der Waals surface area contributed by atoms with Gasteiger partial charge in [0.15, 0.2) is 0 Å². The lowest BCUT2D eigenvalue weighted by atomic mass is 9.82. The topological polar surface area (TPSA) is 65.8 Å². The summed E-state index contributed by atoms with van der Waals surface area (Å²) in [6.45, 7) is 9.44. The first-order valence-corrected chi connectivity index (χ1v) is 7.66. The number of rotatable bonds is 2. The minimum atomic E-state index is -0.510. The van der Waals surface area contributed by atoms with Gasteiger partial charge in [-0.15, -0.1) is 5.10 Å². The first-order valence-electron chi connectivity index (χ1n) is 7.66. The van der Waals surface area contributed by atoms with Crippen molar-refractivity contribution >= 4 is 18.7 Å². The quantitative estimate of drug-likeness (QED) is 0.757. The van der Waals surface area contributed by atoms with Gasteiger partial charge in [-0.3, -0.25) is 4.84 Å². The highest BCUT2D eigenvalue weighted by atomic mass is 16.7. The lowest BCUT2D eigenvalue weighted by Crippen LogP contribution is -2.41. The van der Waals surface area contributed by atoms with E-state index < -0.39 is 18.3 Å².